The summed E-state index contributed by atoms with van der Waals surface area (Å²) in [6, 6.07) is 3.88. The van der Waals surface area contributed by atoms with Crippen LogP contribution in [0.3, 0.4) is 0 Å². The van der Waals surface area contributed by atoms with Gasteiger partial charge in [-0.05, 0) is 37.9 Å². The van der Waals surface area contributed by atoms with E-state index in [1.165, 1.54) is 19.3 Å². The predicted octanol–water partition coefficient (Wildman–Crippen LogP) is 2.99. The summed E-state index contributed by atoms with van der Waals surface area (Å²) in [5, 5.41) is 11.2. The number of furan rings is 1. The van der Waals surface area contributed by atoms with Crippen molar-refractivity contribution in [3.8, 4) is 11.7 Å². The fraction of sp³-hybridized carbons (Fsp3) is 0.611. The number of nitrogens with one attached hydrogen (secondary N) is 1. The average molecular weight is 346 g/mol. The molecule has 7 nitrogen and oxygen atoms in total. The molecule has 1 N–H and O–H groups in total. The summed E-state index contributed by atoms with van der Waals surface area (Å²) >= 11 is 0. The second kappa shape index (κ2) is 8.80. The van der Waals surface area contributed by atoms with Gasteiger partial charge in [-0.25, -0.2) is 0 Å². The molecule has 7 heteroatoms. The van der Waals surface area contributed by atoms with Crippen LogP contribution in [-0.2, 0) is 11.3 Å². The van der Waals surface area contributed by atoms with E-state index in [0.29, 0.717) is 36.7 Å². The molecule has 0 aromatic carbocycles. The first kappa shape index (κ1) is 17.7. The van der Waals surface area contributed by atoms with Crippen molar-refractivity contribution in [1.29, 1.82) is 0 Å². The number of aromatic nitrogens is 2. The molecule has 0 radical (unpaired) electrons. The molecule has 0 bridgehead atoms. The van der Waals surface area contributed by atoms with Gasteiger partial charge in [-0.3, -0.25) is 9.69 Å². The fourth-order valence-corrected chi connectivity index (χ4v) is 3.26. The first-order valence-corrected chi connectivity index (χ1v) is 9.12. The van der Waals surface area contributed by atoms with Gasteiger partial charge in [0.1, 0.15) is 0 Å². The van der Waals surface area contributed by atoms with E-state index in [2.05, 4.69) is 22.4 Å². The highest BCUT2D eigenvalue weighted by Crippen LogP contribution is 2.19. The van der Waals surface area contributed by atoms with E-state index in [1.54, 1.807) is 18.4 Å². The summed E-state index contributed by atoms with van der Waals surface area (Å²) in [6.45, 7) is 3.70. The Morgan fingerprint density at radius 2 is 2.16 bits per heavy atom. The lowest BCUT2D eigenvalue weighted by Crippen LogP contribution is -2.42. The number of rotatable bonds is 8. The molecule has 1 aliphatic rings. The molecule has 3 rings (SSSR count). The highest BCUT2D eigenvalue weighted by Gasteiger charge is 2.19. The zero-order chi connectivity index (χ0) is 17.5. The first-order valence-electron chi connectivity index (χ1n) is 9.12. The Morgan fingerprint density at radius 1 is 1.32 bits per heavy atom. The minimum atomic E-state index is 0.0751. The second-order valence-electron chi connectivity index (χ2n) is 6.59. The van der Waals surface area contributed by atoms with Gasteiger partial charge in [-0.2, -0.15) is 0 Å². The normalized spacial score (nSPS) is 15.6. The van der Waals surface area contributed by atoms with Gasteiger partial charge in [0, 0.05) is 6.04 Å². The lowest BCUT2D eigenvalue weighted by molar-refractivity contribution is -0.123. The molecule has 1 fully saturated rings. The Balaban J connectivity index is 1.54. The van der Waals surface area contributed by atoms with E-state index in [0.717, 1.165) is 25.8 Å². The van der Waals surface area contributed by atoms with Crippen molar-refractivity contribution in [2.75, 3.05) is 13.1 Å². The summed E-state index contributed by atoms with van der Waals surface area (Å²) in [5.74, 6) is 1.48. The summed E-state index contributed by atoms with van der Waals surface area (Å²) < 4.78 is 10.9. The van der Waals surface area contributed by atoms with Gasteiger partial charge >= 0.3 is 0 Å². The van der Waals surface area contributed by atoms with Crippen molar-refractivity contribution in [2.24, 2.45) is 0 Å². The Morgan fingerprint density at radius 3 is 2.88 bits per heavy atom. The van der Waals surface area contributed by atoms with Gasteiger partial charge in [0.05, 0.1) is 19.4 Å². The van der Waals surface area contributed by atoms with Crippen LogP contribution in [0.25, 0.3) is 11.7 Å². The Hall–Kier alpha value is -2.15. The van der Waals surface area contributed by atoms with Gasteiger partial charge in [-0.1, -0.05) is 26.2 Å². The van der Waals surface area contributed by atoms with Gasteiger partial charge in [0.25, 0.3) is 5.89 Å². The number of nitrogens with zero attached hydrogens (tertiary/aromatic N) is 3. The standard InChI is InChI=1S/C18H26N4O3/c1-2-10-22(12-16(23)19-14-7-4-3-5-8-14)13-17-20-21-18(25-17)15-9-6-11-24-15/h6,9,11,14H,2-5,7-8,10,12-13H2,1H3,(H,19,23). The zero-order valence-corrected chi connectivity index (χ0v) is 14.7. The lowest BCUT2D eigenvalue weighted by atomic mass is 9.95. The van der Waals surface area contributed by atoms with Gasteiger partial charge in [0.2, 0.25) is 11.8 Å². The fourth-order valence-electron chi connectivity index (χ4n) is 3.26. The molecular formula is C18H26N4O3. The molecule has 1 amide bonds. The Kier molecular flexibility index (Phi) is 6.22. The third kappa shape index (κ3) is 5.16. The predicted molar refractivity (Wildman–Crippen MR) is 92.6 cm³/mol. The number of hydrogen-bond donors (Lipinski definition) is 1. The maximum Gasteiger partial charge on any atom is 0.283 e. The van der Waals surface area contributed by atoms with E-state index >= 15 is 0 Å². The molecule has 136 valence electrons. The first-order chi connectivity index (χ1) is 12.2. The Bertz CT molecular complexity index is 647. The van der Waals surface area contributed by atoms with Crippen LogP contribution in [0, 0.1) is 0 Å². The number of hydrogen-bond acceptors (Lipinski definition) is 6. The molecule has 0 spiro atoms. The molecule has 0 atom stereocenters. The van der Waals surface area contributed by atoms with Crippen LogP contribution < -0.4 is 5.32 Å². The highest BCUT2D eigenvalue weighted by molar-refractivity contribution is 5.78. The minimum Gasteiger partial charge on any atom is -0.459 e. The second-order valence-corrected chi connectivity index (χ2v) is 6.59. The van der Waals surface area contributed by atoms with Crippen molar-refractivity contribution >= 4 is 5.91 Å². The van der Waals surface area contributed by atoms with Crippen LogP contribution in [0.4, 0.5) is 0 Å². The summed E-state index contributed by atoms with van der Waals surface area (Å²) in [7, 11) is 0. The van der Waals surface area contributed by atoms with E-state index in [1.807, 2.05) is 4.90 Å². The van der Waals surface area contributed by atoms with Crippen molar-refractivity contribution in [3.63, 3.8) is 0 Å². The summed E-state index contributed by atoms with van der Waals surface area (Å²) in [5.41, 5.74) is 0. The van der Waals surface area contributed by atoms with Crippen molar-refractivity contribution < 1.29 is 13.6 Å². The third-order valence-electron chi connectivity index (χ3n) is 4.44. The van der Waals surface area contributed by atoms with Crippen LogP contribution in [-0.4, -0.2) is 40.1 Å². The van der Waals surface area contributed by atoms with Crippen molar-refractivity contribution in [1.82, 2.24) is 20.4 Å². The van der Waals surface area contributed by atoms with Crippen LogP contribution in [0.15, 0.2) is 27.2 Å². The third-order valence-corrected chi connectivity index (χ3v) is 4.44. The van der Waals surface area contributed by atoms with Crippen molar-refractivity contribution in [2.45, 2.75) is 58.0 Å². The molecule has 0 unspecified atom stereocenters. The maximum absolute atomic E-state index is 12.3. The summed E-state index contributed by atoms with van der Waals surface area (Å²) in [6.07, 6.45) is 8.41. The summed E-state index contributed by atoms with van der Waals surface area (Å²) in [4.78, 5) is 14.4. The SMILES string of the molecule is CCCN(CC(=O)NC1CCCCC1)Cc1nnc(-c2ccco2)o1. The van der Waals surface area contributed by atoms with Gasteiger partial charge < -0.3 is 14.2 Å². The van der Waals surface area contributed by atoms with Crippen LogP contribution in [0.2, 0.25) is 0 Å². The highest BCUT2D eigenvalue weighted by atomic mass is 16.4. The molecule has 2 aromatic rings. The molecule has 2 heterocycles. The molecule has 25 heavy (non-hydrogen) atoms. The monoisotopic (exact) mass is 346 g/mol. The number of carbonyl (C=O) groups is 1. The quantitative estimate of drug-likeness (QED) is 0.791. The number of carbonyl (C=O) groups excluding carboxylic acids is 1. The maximum atomic E-state index is 12.3. The van der Waals surface area contributed by atoms with E-state index in [4.69, 9.17) is 8.83 Å². The van der Waals surface area contributed by atoms with Gasteiger partial charge in [-0.15, -0.1) is 10.2 Å². The largest absolute Gasteiger partial charge is 0.459 e. The topological polar surface area (TPSA) is 84.4 Å². The van der Waals surface area contributed by atoms with Crippen LogP contribution in [0.5, 0.6) is 0 Å². The molecule has 0 aliphatic heterocycles. The van der Waals surface area contributed by atoms with Crippen molar-refractivity contribution in [3.05, 3.63) is 24.3 Å². The smallest absolute Gasteiger partial charge is 0.283 e. The minimum absolute atomic E-state index is 0.0751. The van der Waals surface area contributed by atoms with Crippen LogP contribution in [0.1, 0.15) is 51.3 Å². The molecular weight excluding hydrogens is 320 g/mol. The average Bonchev–Trinajstić information content (AvgIpc) is 3.27. The van der Waals surface area contributed by atoms with E-state index < -0.39 is 0 Å². The van der Waals surface area contributed by atoms with E-state index in [-0.39, 0.29) is 5.91 Å². The van der Waals surface area contributed by atoms with Crippen LogP contribution >= 0.6 is 0 Å². The molecule has 2 aromatic heterocycles. The molecule has 1 aliphatic carbocycles. The number of amides is 1. The molecule has 1 saturated carbocycles. The zero-order valence-electron chi connectivity index (χ0n) is 14.7. The van der Waals surface area contributed by atoms with Gasteiger partial charge in [0.15, 0.2) is 5.76 Å². The van der Waals surface area contributed by atoms with E-state index in [9.17, 15) is 4.79 Å². The lowest BCUT2D eigenvalue weighted by Gasteiger charge is -2.25. The molecule has 0 saturated heterocycles. The Labute approximate surface area is 147 Å².